The molecule has 0 saturated heterocycles. The minimum Gasteiger partial charge on any atom is -0.316 e. The van der Waals surface area contributed by atoms with Crippen LogP contribution in [-0.2, 0) is 5.41 Å². The number of hydrogen-bond donors (Lipinski definition) is 1. The Balaban J connectivity index is 2.89. The third-order valence-electron chi connectivity index (χ3n) is 3.68. The van der Waals surface area contributed by atoms with E-state index in [4.69, 9.17) is 0 Å². The van der Waals surface area contributed by atoms with Crippen molar-refractivity contribution in [3.63, 3.8) is 0 Å². The molecule has 0 unspecified atom stereocenters. The fourth-order valence-corrected chi connectivity index (χ4v) is 2.33. The first-order valence-corrected chi connectivity index (χ1v) is 6.65. The van der Waals surface area contributed by atoms with Gasteiger partial charge in [0.25, 0.3) is 0 Å². The van der Waals surface area contributed by atoms with Crippen LogP contribution in [0.2, 0.25) is 0 Å². The molecule has 0 aliphatic rings. The fourth-order valence-electron chi connectivity index (χ4n) is 2.33. The summed E-state index contributed by atoms with van der Waals surface area (Å²) in [4.78, 5) is 0. The highest BCUT2D eigenvalue weighted by Gasteiger charge is 2.28. The zero-order valence-electron chi connectivity index (χ0n) is 11.2. The van der Waals surface area contributed by atoms with Crippen molar-refractivity contribution in [3.8, 4) is 0 Å². The van der Waals surface area contributed by atoms with Gasteiger partial charge in [0.1, 0.15) is 5.82 Å². The first-order valence-electron chi connectivity index (χ1n) is 6.65. The topological polar surface area (TPSA) is 12.0 Å². The van der Waals surface area contributed by atoms with Crippen LogP contribution in [0.15, 0.2) is 24.3 Å². The lowest BCUT2D eigenvalue weighted by molar-refractivity contribution is 0.367. The Morgan fingerprint density at radius 2 is 1.88 bits per heavy atom. The van der Waals surface area contributed by atoms with Crippen LogP contribution in [0, 0.1) is 5.82 Å². The summed E-state index contributed by atoms with van der Waals surface area (Å²) in [6.45, 7) is 8.48. The predicted octanol–water partition coefficient (Wildman–Crippen LogP) is 3.88. The van der Waals surface area contributed by atoms with Gasteiger partial charge in [-0.1, -0.05) is 32.9 Å². The maximum Gasteiger partial charge on any atom is 0.123 e. The van der Waals surface area contributed by atoms with Gasteiger partial charge in [-0.25, -0.2) is 4.39 Å². The SMILES string of the molecule is CCCNCC(CC)(CC)c1cccc(F)c1. The second-order valence-electron chi connectivity index (χ2n) is 4.67. The summed E-state index contributed by atoms with van der Waals surface area (Å²) in [5.74, 6) is -0.135. The van der Waals surface area contributed by atoms with E-state index in [1.54, 1.807) is 6.07 Å². The second kappa shape index (κ2) is 6.75. The van der Waals surface area contributed by atoms with Crippen LogP contribution in [0.5, 0.6) is 0 Å². The summed E-state index contributed by atoms with van der Waals surface area (Å²) in [6, 6.07) is 7.05. The van der Waals surface area contributed by atoms with Gasteiger partial charge in [-0.2, -0.15) is 0 Å². The van der Waals surface area contributed by atoms with Gasteiger partial charge < -0.3 is 5.32 Å². The molecule has 2 heteroatoms. The number of benzene rings is 1. The van der Waals surface area contributed by atoms with Crippen molar-refractivity contribution in [1.29, 1.82) is 0 Å². The van der Waals surface area contributed by atoms with E-state index in [0.29, 0.717) is 0 Å². The monoisotopic (exact) mass is 237 g/mol. The Bertz CT molecular complexity index is 331. The molecule has 1 rings (SSSR count). The summed E-state index contributed by atoms with van der Waals surface area (Å²) in [5.41, 5.74) is 1.18. The Morgan fingerprint density at radius 1 is 1.18 bits per heavy atom. The van der Waals surface area contributed by atoms with Crippen LogP contribution in [-0.4, -0.2) is 13.1 Å². The second-order valence-corrected chi connectivity index (χ2v) is 4.67. The van der Waals surface area contributed by atoms with E-state index in [0.717, 1.165) is 37.9 Å². The minimum atomic E-state index is -0.135. The molecule has 1 aromatic rings. The molecule has 0 fully saturated rings. The van der Waals surface area contributed by atoms with Gasteiger partial charge in [0, 0.05) is 12.0 Å². The largest absolute Gasteiger partial charge is 0.316 e. The molecule has 0 atom stereocenters. The van der Waals surface area contributed by atoms with Gasteiger partial charge in [0.15, 0.2) is 0 Å². The van der Waals surface area contributed by atoms with Crippen molar-refractivity contribution >= 4 is 0 Å². The highest BCUT2D eigenvalue weighted by Crippen LogP contribution is 2.31. The van der Waals surface area contributed by atoms with Crippen molar-refractivity contribution in [2.24, 2.45) is 0 Å². The fraction of sp³-hybridized carbons (Fsp3) is 0.600. The molecule has 0 heterocycles. The van der Waals surface area contributed by atoms with Gasteiger partial charge in [0.2, 0.25) is 0 Å². The molecule has 1 N–H and O–H groups in total. The van der Waals surface area contributed by atoms with E-state index in [2.05, 4.69) is 26.1 Å². The third-order valence-corrected chi connectivity index (χ3v) is 3.68. The summed E-state index contributed by atoms with van der Waals surface area (Å²) in [6.07, 6.45) is 3.19. The molecule has 96 valence electrons. The van der Waals surface area contributed by atoms with E-state index in [-0.39, 0.29) is 11.2 Å². The van der Waals surface area contributed by atoms with Crippen molar-refractivity contribution in [1.82, 2.24) is 5.32 Å². The van der Waals surface area contributed by atoms with Crippen LogP contribution < -0.4 is 5.32 Å². The lowest BCUT2D eigenvalue weighted by atomic mass is 9.75. The molecule has 0 bridgehead atoms. The smallest absolute Gasteiger partial charge is 0.123 e. The van der Waals surface area contributed by atoms with E-state index in [1.165, 1.54) is 6.07 Å². The first-order chi connectivity index (χ1) is 8.18. The van der Waals surface area contributed by atoms with E-state index < -0.39 is 0 Å². The molecule has 17 heavy (non-hydrogen) atoms. The number of hydrogen-bond acceptors (Lipinski definition) is 1. The minimum absolute atomic E-state index is 0.0667. The molecule has 0 aliphatic heterocycles. The highest BCUT2D eigenvalue weighted by molar-refractivity contribution is 5.26. The van der Waals surface area contributed by atoms with E-state index in [1.807, 2.05) is 12.1 Å². The van der Waals surface area contributed by atoms with Crippen LogP contribution >= 0.6 is 0 Å². The molecule has 1 nitrogen and oxygen atoms in total. The highest BCUT2D eigenvalue weighted by atomic mass is 19.1. The van der Waals surface area contributed by atoms with Crippen LogP contribution in [0.1, 0.15) is 45.6 Å². The maximum atomic E-state index is 13.3. The number of rotatable bonds is 7. The summed E-state index contributed by atoms with van der Waals surface area (Å²) < 4.78 is 13.3. The van der Waals surface area contributed by atoms with Crippen LogP contribution in [0.4, 0.5) is 4.39 Å². The first kappa shape index (κ1) is 14.2. The lowest BCUT2D eigenvalue weighted by Crippen LogP contribution is -2.37. The molecule has 1 aromatic carbocycles. The molecule has 0 aliphatic carbocycles. The Hall–Kier alpha value is -0.890. The molecule has 0 aromatic heterocycles. The van der Waals surface area contributed by atoms with Gasteiger partial charge in [-0.3, -0.25) is 0 Å². The lowest BCUT2D eigenvalue weighted by Gasteiger charge is -2.33. The average molecular weight is 237 g/mol. The van der Waals surface area contributed by atoms with Gasteiger partial charge in [0.05, 0.1) is 0 Å². The Kier molecular flexibility index (Phi) is 5.63. The van der Waals surface area contributed by atoms with Gasteiger partial charge >= 0.3 is 0 Å². The van der Waals surface area contributed by atoms with Crippen LogP contribution in [0.25, 0.3) is 0 Å². The predicted molar refractivity (Wildman–Crippen MR) is 71.8 cm³/mol. The molecule has 0 saturated carbocycles. The maximum absolute atomic E-state index is 13.3. The van der Waals surface area contributed by atoms with E-state index in [9.17, 15) is 4.39 Å². The van der Waals surface area contributed by atoms with E-state index >= 15 is 0 Å². The quantitative estimate of drug-likeness (QED) is 0.710. The summed E-state index contributed by atoms with van der Waals surface area (Å²) >= 11 is 0. The summed E-state index contributed by atoms with van der Waals surface area (Å²) in [7, 11) is 0. The zero-order valence-corrected chi connectivity index (χ0v) is 11.2. The van der Waals surface area contributed by atoms with Gasteiger partial charge in [-0.15, -0.1) is 0 Å². The number of halogens is 1. The standard InChI is InChI=1S/C15H24FN/c1-4-10-17-12-15(5-2,6-3)13-8-7-9-14(16)11-13/h7-9,11,17H,4-6,10,12H2,1-3H3. The van der Waals surface area contributed by atoms with Crippen LogP contribution in [0.3, 0.4) is 0 Å². The van der Waals surface area contributed by atoms with Crippen molar-refractivity contribution < 1.29 is 4.39 Å². The molecule has 0 amide bonds. The normalized spacial score (nSPS) is 11.8. The van der Waals surface area contributed by atoms with Crippen molar-refractivity contribution in [2.45, 2.75) is 45.4 Å². The third kappa shape index (κ3) is 3.53. The molecular weight excluding hydrogens is 213 g/mol. The molecule has 0 spiro atoms. The average Bonchev–Trinajstić information content (AvgIpc) is 2.35. The Labute approximate surface area is 104 Å². The molecular formula is C15H24FN. The van der Waals surface area contributed by atoms with Crippen molar-refractivity contribution in [3.05, 3.63) is 35.6 Å². The summed E-state index contributed by atoms with van der Waals surface area (Å²) in [5, 5.41) is 3.47. The molecule has 0 radical (unpaired) electrons. The van der Waals surface area contributed by atoms with Gasteiger partial charge in [-0.05, 0) is 43.5 Å². The Morgan fingerprint density at radius 3 is 2.41 bits per heavy atom. The number of nitrogens with one attached hydrogen (secondary N) is 1. The zero-order chi connectivity index (χ0) is 12.7. The van der Waals surface area contributed by atoms with Crippen molar-refractivity contribution in [2.75, 3.05) is 13.1 Å².